The Morgan fingerprint density at radius 1 is 1.42 bits per heavy atom. The molecule has 5 heteroatoms. The van der Waals surface area contributed by atoms with Crippen LogP contribution >= 0.6 is 20.3 Å². The van der Waals surface area contributed by atoms with E-state index < -0.39 is 8.25 Å². The second kappa shape index (κ2) is 5.27. The molecule has 0 saturated carbocycles. The van der Waals surface area contributed by atoms with Crippen molar-refractivity contribution in [2.24, 2.45) is 0 Å². The summed E-state index contributed by atoms with van der Waals surface area (Å²) in [5.41, 5.74) is 1.07. The van der Waals surface area contributed by atoms with Crippen LogP contribution in [0, 0.1) is 0 Å². The quantitative estimate of drug-likeness (QED) is 0.603. The Labute approximate surface area is 75.9 Å². The third kappa shape index (κ3) is 3.83. The van der Waals surface area contributed by atoms with Gasteiger partial charge < -0.3 is 0 Å². The average Bonchev–Trinajstić information content (AvgIpc) is 2.05. The molecule has 0 spiro atoms. The van der Waals surface area contributed by atoms with Crippen LogP contribution in [0.3, 0.4) is 0 Å². The Bertz CT molecular complexity index is 252. The van der Waals surface area contributed by atoms with Crippen molar-refractivity contribution in [1.29, 1.82) is 0 Å². The fraction of sp³-hybridized carbons (Fsp3) is 0.143. The van der Waals surface area contributed by atoms with E-state index >= 15 is 0 Å². The van der Waals surface area contributed by atoms with Gasteiger partial charge in [0.05, 0.1) is 12.0 Å². The van der Waals surface area contributed by atoms with Gasteiger partial charge in [-0.3, -0.25) is 0 Å². The van der Waals surface area contributed by atoms with Gasteiger partial charge in [0.15, 0.2) is 0 Å². The maximum absolute atomic E-state index is 10.1. The number of hydrogen-bond acceptors (Lipinski definition) is 3. The Morgan fingerprint density at radius 2 is 2.08 bits per heavy atom. The Morgan fingerprint density at radius 3 is 2.67 bits per heavy atom. The van der Waals surface area contributed by atoms with Gasteiger partial charge in [-0.15, -0.1) is 4.89 Å². The summed E-state index contributed by atoms with van der Waals surface area (Å²) in [6, 6.07) is 9.60. The van der Waals surface area contributed by atoms with Crippen molar-refractivity contribution in [3.05, 3.63) is 35.9 Å². The SMILES string of the molecule is O=[P+](O)OSCc1ccccc1. The molecule has 0 bridgehead atoms. The van der Waals surface area contributed by atoms with Crippen LogP contribution in [0.25, 0.3) is 0 Å². The molecule has 0 saturated heterocycles. The van der Waals surface area contributed by atoms with E-state index in [-0.39, 0.29) is 0 Å². The minimum Gasteiger partial charge on any atom is -0.133 e. The first-order valence-electron chi connectivity index (χ1n) is 3.28. The Hall–Kier alpha value is -0.410. The summed E-state index contributed by atoms with van der Waals surface area (Å²) in [5, 5.41) is 0. The minimum atomic E-state index is -2.48. The zero-order valence-corrected chi connectivity index (χ0v) is 7.92. The first-order valence-corrected chi connectivity index (χ1v) is 5.33. The predicted molar refractivity (Wildman–Crippen MR) is 48.6 cm³/mol. The van der Waals surface area contributed by atoms with Crippen molar-refractivity contribution in [1.82, 2.24) is 0 Å². The highest BCUT2D eigenvalue weighted by Crippen LogP contribution is 2.26. The highest BCUT2D eigenvalue weighted by molar-refractivity contribution is 7.96. The number of rotatable bonds is 4. The van der Waals surface area contributed by atoms with Crippen LogP contribution in [-0.2, 0) is 14.3 Å². The summed E-state index contributed by atoms with van der Waals surface area (Å²) in [6.45, 7) is 0. The smallest absolute Gasteiger partial charge is 0.133 e. The van der Waals surface area contributed by atoms with Crippen LogP contribution in [0.5, 0.6) is 0 Å². The molecule has 1 unspecified atom stereocenters. The summed E-state index contributed by atoms with van der Waals surface area (Å²) < 4.78 is 14.5. The van der Waals surface area contributed by atoms with E-state index in [1.807, 2.05) is 30.3 Å². The van der Waals surface area contributed by atoms with Gasteiger partial charge in [0.2, 0.25) is 0 Å². The van der Waals surface area contributed by atoms with Crippen LogP contribution in [0.15, 0.2) is 30.3 Å². The molecular weight excluding hydrogens is 195 g/mol. The maximum Gasteiger partial charge on any atom is 0.707 e. The molecule has 64 valence electrons. The van der Waals surface area contributed by atoms with Crippen LogP contribution in [-0.4, -0.2) is 4.89 Å². The molecule has 12 heavy (non-hydrogen) atoms. The third-order valence-corrected chi connectivity index (χ3v) is 2.57. The zero-order valence-electron chi connectivity index (χ0n) is 6.21. The zero-order chi connectivity index (χ0) is 8.81. The molecule has 0 aliphatic rings. The van der Waals surface area contributed by atoms with E-state index in [0.29, 0.717) is 5.75 Å². The molecule has 0 aliphatic carbocycles. The normalized spacial score (nSPS) is 11.2. The lowest BCUT2D eigenvalue weighted by molar-refractivity contribution is 0.432. The lowest BCUT2D eigenvalue weighted by Crippen LogP contribution is -1.77. The molecule has 0 fully saturated rings. The summed E-state index contributed by atoms with van der Waals surface area (Å²) in [6.07, 6.45) is 0. The van der Waals surface area contributed by atoms with E-state index in [1.54, 1.807) is 0 Å². The maximum atomic E-state index is 10.1. The van der Waals surface area contributed by atoms with E-state index in [9.17, 15) is 4.57 Å². The molecule has 0 aromatic heterocycles. The lowest BCUT2D eigenvalue weighted by atomic mass is 10.2. The molecule has 1 aromatic rings. The molecule has 1 aromatic carbocycles. The van der Waals surface area contributed by atoms with E-state index in [4.69, 9.17) is 4.89 Å². The average molecular weight is 203 g/mol. The fourth-order valence-electron chi connectivity index (χ4n) is 0.714. The van der Waals surface area contributed by atoms with E-state index in [0.717, 1.165) is 17.6 Å². The molecule has 0 heterocycles. The van der Waals surface area contributed by atoms with Crippen molar-refractivity contribution >= 4 is 20.3 Å². The number of hydrogen-bond donors (Lipinski definition) is 1. The van der Waals surface area contributed by atoms with Crippen LogP contribution < -0.4 is 0 Å². The number of benzene rings is 1. The van der Waals surface area contributed by atoms with Crippen molar-refractivity contribution in [3.63, 3.8) is 0 Å². The summed E-state index contributed by atoms with van der Waals surface area (Å²) in [5.74, 6) is 0.586. The first-order chi connectivity index (χ1) is 5.79. The Kier molecular flexibility index (Phi) is 4.25. The fourth-order valence-corrected chi connectivity index (χ4v) is 1.61. The lowest BCUT2D eigenvalue weighted by Gasteiger charge is -1.93. The highest BCUT2D eigenvalue weighted by atomic mass is 32.2. The second-order valence-corrected chi connectivity index (χ2v) is 3.66. The standard InChI is InChI=1S/C7H7O3PS/c8-11(9)10-12-6-7-4-2-1-3-5-7/h1-5H,6H2/p+1. The van der Waals surface area contributed by atoms with Gasteiger partial charge in [-0.2, -0.15) is 0 Å². The van der Waals surface area contributed by atoms with Gasteiger partial charge >= 0.3 is 8.25 Å². The van der Waals surface area contributed by atoms with Crippen molar-refractivity contribution in [3.8, 4) is 0 Å². The first kappa shape index (κ1) is 9.68. The van der Waals surface area contributed by atoms with E-state index in [1.165, 1.54) is 0 Å². The van der Waals surface area contributed by atoms with Crippen LogP contribution in [0.1, 0.15) is 5.56 Å². The molecule has 1 rings (SSSR count). The molecule has 0 amide bonds. The highest BCUT2D eigenvalue weighted by Gasteiger charge is 2.12. The molecule has 3 nitrogen and oxygen atoms in total. The summed E-state index contributed by atoms with van der Waals surface area (Å²) >= 11 is 0.981. The van der Waals surface area contributed by atoms with Crippen LogP contribution in [0.4, 0.5) is 0 Å². The van der Waals surface area contributed by atoms with Gasteiger partial charge in [-0.25, -0.2) is 0 Å². The van der Waals surface area contributed by atoms with Gasteiger partial charge in [-0.05, 0) is 9.53 Å². The second-order valence-electron chi connectivity index (χ2n) is 2.06. The molecular formula is C7H8O3PS+. The predicted octanol–water partition coefficient (Wildman–Crippen LogP) is 2.50. The largest absolute Gasteiger partial charge is 0.707 e. The van der Waals surface area contributed by atoms with Crippen molar-refractivity contribution in [2.45, 2.75) is 5.75 Å². The van der Waals surface area contributed by atoms with Gasteiger partial charge in [-0.1, -0.05) is 30.3 Å². The molecule has 0 radical (unpaired) electrons. The van der Waals surface area contributed by atoms with E-state index in [2.05, 4.69) is 3.97 Å². The van der Waals surface area contributed by atoms with Crippen molar-refractivity contribution in [2.75, 3.05) is 0 Å². The summed E-state index contributed by atoms with van der Waals surface area (Å²) in [7, 11) is -2.48. The molecule has 1 N–H and O–H groups in total. The van der Waals surface area contributed by atoms with Gasteiger partial charge in [0, 0.05) is 10.3 Å². The van der Waals surface area contributed by atoms with Gasteiger partial charge in [0.25, 0.3) is 0 Å². The van der Waals surface area contributed by atoms with Gasteiger partial charge in [0.1, 0.15) is 0 Å². The summed E-state index contributed by atoms with van der Waals surface area (Å²) in [4.78, 5) is 8.30. The van der Waals surface area contributed by atoms with Crippen LogP contribution in [0.2, 0.25) is 0 Å². The molecule has 0 aliphatic heterocycles. The van der Waals surface area contributed by atoms with Crippen molar-refractivity contribution < 1.29 is 13.4 Å². The minimum absolute atomic E-state index is 0.586. The third-order valence-electron chi connectivity index (χ3n) is 1.18. The monoisotopic (exact) mass is 203 g/mol. The Balaban J connectivity index is 2.29. The molecule has 1 atom stereocenters. The topological polar surface area (TPSA) is 46.5 Å².